The molecular weight excluding hydrogens is 402 g/mol. The van der Waals surface area contributed by atoms with E-state index in [2.05, 4.69) is 109 Å². The van der Waals surface area contributed by atoms with Gasteiger partial charge in [-0.05, 0) is 88.6 Å². The van der Waals surface area contributed by atoms with Crippen LogP contribution in [0, 0.1) is 6.92 Å². The van der Waals surface area contributed by atoms with Gasteiger partial charge in [0.25, 0.3) is 0 Å². The van der Waals surface area contributed by atoms with Gasteiger partial charge >= 0.3 is 0 Å². The molecule has 0 saturated heterocycles. The van der Waals surface area contributed by atoms with Crippen LogP contribution in [0.2, 0.25) is 0 Å². The van der Waals surface area contributed by atoms with E-state index >= 15 is 0 Å². The van der Waals surface area contributed by atoms with Gasteiger partial charge < -0.3 is 9.73 Å². The van der Waals surface area contributed by atoms with Gasteiger partial charge in [0.1, 0.15) is 11.2 Å². The first-order valence-corrected chi connectivity index (χ1v) is 12.3. The van der Waals surface area contributed by atoms with Crippen LogP contribution in [0.15, 0.2) is 52.9 Å². The van der Waals surface area contributed by atoms with Crippen molar-refractivity contribution in [2.75, 3.05) is 5.32 Å². The highest BCUT2D eigenvalue weighted by Crippen LogP contribution is 2.47. The minimum absolute atomic E-state index is 0.0488. The predicted octanol–water partition coefficient (Wildman–Crippen LogP) is 9.28. The Balaban J connectivity index is 1.62. The van der Waals surface area contributed by atoms with Crippen molar-refractivity contribution >= 4 is 33.3 Å². The number of rotatable bonds is 2. The van der Waals surface area contributed by atoms with E-state index in [0.29, 0.717) is 0 Å². The number of hydrogen-bond donors (Lipinski definition) is 1. The molecule has 0 unspecified atom stereocenters. The molecule has 3 aromatic carbocycles. The number of benzene rings is 3. The van der Waals surface area contributed by atoms with Gasteiger partial charge in [-0.1, -0.05) is 66.7 Å². The maximum atomic E-state index is 6.21. The van der Waals surface area contributed by atoms with Crippen LogP contribution in [-0.2, 0) is 16.2 Å². The van der Waals surface area contributed by atoms with Crippen LogP contribution >= 0.6 is 0 Å². The SMILES string of the molecule is Cc1cc2c(cc1Nc1ccc3oc4cccc(C(C)(C)C)c4c3c1)C(C)(C)CCC2(C)C. The monoisotopic (exact) mass is 439 g/mol. The lowest BCUT2D eigenvalue weighted by Crippen LogP contribution is -2.34. The molecule has 1 aliphatic carbocycles. The third-order valence-electron chi connectivity index (χ3n) is 7.78. The molecule has 0 atom stereocenters. The number of aryl methyl sites for hydroxylation is 1. The van der Waals surface area contributed by atoms with Crippen molar-refractivity contribution in [2.45, 2.75) is 84.5 Å². The van der Waals surface area contributed by atoms with Crippen LogP contribution in [0.3, 0.4) is 0 Å². The molecule has 1 aliphatic rings. The highest BCUT2D eigenvalue weighted by Gasteiger charge is 2.37. The van der Waals surface area contributed by atoms with Gasteiger partial charge in [0.05, 0.1) is 0 Å². The minimum Gasteiger partial charge on any atom is -0.456 e. The van der Waals surface area contributed by atoms with Crippen molar-refractivity contribution < 1.29 is 4.42 Å². The molecule has 0 bridgehead atoms. The van der Waals surface area contributed by atoms with Gasteiger partial charge in [-0.2, -0.15) is 0 Å². The Morgan fingerprint density at radius 3 is 2.15 bits per heavy atom. The summed E-state index contributed by atoms with van der Waals surface area (Å²) in [4.78, 5) is 0. The Morgan fingerprint density at radius 1 is 0.818 bits per heavy atom. The van der Waals surface area contributed by atoms with Crippen molar-refractivity contribution in [3.63, 3.8) is 0 Å². The van der Waals surface area contributed by atoms with E-state index < -0.39 is 0 Å². The summed E-state index contributed by atoms with van der Waals surface area (Å²) in [5.74, 6) is 0. The summed E-state index contributed by atoms with van der Waals surface area (Å²) >= 11 is 0. The fraction of sp³-hybridized carbons (Fsp3) is 0.419. The second kappa shape index (κ2) is 7.13. The van der Waals surface area contributed by atoms with E-state index in [1.165, 1.54) is 51.6 Å². The van der Waals surface area contributed by atoms with Crippen LogP contribution in [0.5, 0.6) is 0 Å². The molecule has 1 aromatic heterocycles. The van der Waals surface area contributed by atoms with Gasteiger partial charge in [0, 0.05) is 22.1 Å². The fourth-order valence-electron chi connectivity index (χ4n) is 5.54. The third kappa shape index (κ3) is 3.64. The Morgan fingerprint density at radius 2 is 1.48 bits per heavy atom. The van der Waals surface area contributed by atoms with Crippen molar-refractivity contribution in [1.82, 2.24) is 0 Å². The number of nitrogens with one attached hydrogen (secondary N) is 1. The fourth-order valence-corrected chi connectivity index (χ4v) is 5.54. The molecular formula is C31H37NO. The molecule has 0 aliphatic heterocycles. The number of fused-ring (bicyclic) bond motifs is 4. The Labute approximate surface area is 198 Å². The normalized spacial score (nSPS) is 17.3. The number of hydrogen-bond acceptors (Lipinski definition) is 2. The van der Waals surface area contributed by atoms with E-state index in [4.69, 9.17) is 4.42 Å². The first-order chi connectivity index (χ1) is 15.4. The number of anilines is 2. The average molecular weight is 440 g/mol. The lowest BCUT2D eigenvalue weighted by Gasteiger charge is -2.42. The standard InChI is InChI=1S/C31H37NO/c1-19-16-23-24(31(7,8)15-14-30(23,5)6)18-25(19)32-20-12-13-26-21(17-20)28-22(29(2,3)4)10-9-11-27(28)33-26/h9-13,16-18,32H,14-15H2,1-8H3. The summed E-state index contributed by atoms with van der Waals surface area (Å²) in [5.41, 5.74) is 10.3. The molecule has 0 saturated carbocycles. The van der Waals surface area contributed by atoms with Gasteiger partial charge in [-0.15, -0.1) is 0 Å². The summed E-state index contributed by atoms with van der Waals surface area (Å²) in [7, 11) is 0. The summed E-state index contributed by atoms with van der Waals surface area (Å²) in [6.07, 6.45) is 2.46. The molecule has 1 heterocycles. The average Bonchev–Trinajstić information content (AvgIpc) is 3.10. The first-order valence-electron chi connectivity index (χ1n) is 12.3. The quantitative estimate of drug-likeness (QED) is 0.336. The Hall–Kier alpha value is -2.74. The van der Waals surface area contributed by atoms with Gasteiger partial charge in [0.2, 0.25) is 0 Å². The van der Waals surface area contributed by atoms with Crippen LogP contribution in [-0.4, -0.2) is 0 Å². The minimum atomic E-state index is 0.0488. The largest absolute Gasteiger partial charge is 0.456 e. The molecule has 5 rings (SSSR count). The molecule has 1 N–H and O–H groups in total. The van der Waals surface area contributed by atoms with E-state index in [9.17, 15) is 0 Å². The molecule has 2 heteroatoms. The van der Waals surface area contributed by atoms with E-state index in [1.54, 1.807) is 0 Å². The lowest BCUT2D eigenvalue weighted by molar-refractivity contribution is 0.332. The van der Waals surface area contributed by atoms with Crippen LogP contribution in [0.4, 0.5) is 11.4 Å². The molecule has 0 radical (unpaired) electrons. The second-order valence-electron chi connectivity index (χ2n) is 12.3. The third-order valence-corrected chi connectivity index (χ3v) is 7.78. The van der Waals surface area contributed by atoms with Crippen molar-refractivity contribution in [3.05, 3.63) is 70.8 Å². The van der Waals surface area contributed by atoms with Gasteiger partial charge in [-0.3, -0.25) is 0 Å². The van der Waals surface area contributed by atoms with Crippen LogP contribution in [0.1, 0.15) is 83.6 Å². The second-order valence-corrected chi connectivity index (χ2v) is 12.3. The molecule has 0 spiro atoms. The van der Waals surface area contributed by atoms with E-state index in [0.717, 1.165) is 16.9 Å². The van der Waals surface area contributed by atoms with Crippen molar-refractivity contribution in [1.29, 1.82) is 0 Å². The smallest absolute Gasteiger partial charge is 0.135 e. The topological polar surface area (TPSA) is 25.2 Å². The zero-order chi connectivity index (χ0) is 23.8. The molecule has 2 nitrogen and oxygen atoms in total. The summed E-state index contributed by atoms with van der Waals surface area (Å²) in [6, 6.07) is 17.7. The highest BCUT2D eigenvalue weighted by molar-refractivity contribution is 6.08. The Kier molecular flexibility index (Phi) is 4.77. The number of furan rings is 1. The summed E-state index contributed by atoms with van der Waals surface area (Å²) in [6.45, 7) is 18.6. The van der Waals surface area contributed by atoms with Crippen molar-refractivity contribution in [2.24, 2.45) is 0 Å². The molecule has 0 amide bonds. The van der Waals surface area contributed by atoms with Gasteiger partial charge in [0.15, 0.2) is 0 Å². The molecule has 33 heavy (non-hydrogen) atoms. The predicted molar refractivity (Wildman–Crippen MR) is 142 cm³/mol. The molecule has 0 fully saturated rings. The molecule has 172 valence electrons. The van der Waals surface area contributed by atoms with Gasteiger partial charge in [-0.25, -0.2) is 0 Å². The molecule has 4 aromatic rings. The zero-order valence-corrected chi connectivity index (χ0v) is 21.4. The van der Waals surface area contributed by atoms with E-state index in [-0.39, 0.29) is 16.2 Å². The summed E-state index contributed by atoms with van der Waals surface area (Å²) < 4.78 is 6.21. The van der Waals surface area contributed by atoms with Crippen LogP contribution < -0.4 is 5.32 Å². The van der Waals surface area contributed by atoms with E-state index in [1.807, 2.05) is 0 Å². The van der Waals surface area contributed by atoms with Crippen molar-refractivity contribution in [3.8, 4) is 0 Å². The highest BCUT2D eigenvalue weighted by atomic mass is 16.3. The first kappa shape index (κ1) is 22.1. The zero-order valence-electron chi connectivity index (χ0n) is 21.4. The lowest BCUT2D eigenvalue weighted by atomic mass is 9.63. The maximum absolute atomic E-state index is 6.21. The maximum Gasteiger partial charge on any atom is 0.135 e. The Bertz CT molecular complexity index is 1380. The van der Waals surface area contributed by atoms with Crippen LogP contribution in [0.25, 0.3) is 21.9 Å². The summed E-state index contributed by atoms with van der Waals surface area (Å²) in [5, 5.41) is 6.16.